The lowest BCUT2D eigenvalue weighted by Gasteiger charge is -2.45. The quantitative estimate of drug-likeness (QED) is 0.918. The molecule has 0 aromatic carbocycles. The minimum atomic E-state index is -0.0844. The van der Waals surface area contributed by atoms with E-state index in [0.717, 1.165) is 25.2 Å². The summed E-state index contributed by atoms with van der Waals surface area (Å²) in [5.41, 5.74) is 6.27. The van der Waals surface area contributed by atoms with Crippen LogP contribution in [0.1, 0.15) is 70.7 Å². The van der Waals surface area contributed by atoms with Gasteiger partial charge in [0.1, 0.15) is 6.10 Å². The smallest absolute Gasteiger partial charge is 0.230 e. The number of ether oxygens (including phenoxy) is 1. The highest BCUT2D eigenvalue weighted by atomic mass is 16.5. The molecular weight excluding hydrogens is 254 g/mol. The Hall–Kier alpha value is -0.940. The minimum Gasteiger partial charge on any atom is -0.373 e. The van der Waals surface area contributed by atoms with Crippen molar-refractivity contribution in [2.75, 3.05) is 7.11 Å². The van der Waals surface area contributed by atoms with Crippen LogP contribution in [-0.4, -0.2) is 23.3 Å². The number of rotatable bonds is 4. The van der Waals surface area contributed by atoms with E-state index in [0.29, 0.717) is 11.7 Å². The molecule has 1 aliphatic carbocycles. The Morgan fingerprint density at radius 1 is 1.45 bits per heavy atom. The van der Waals surface area contributed by atoms with E-state index >= 15 is 0 Å². The second-order valence-electron chi connectivity index (χ2n) is 6.53. The van der Waals surface area contributed by atoms with Gasteiger partial charge in [-0.15, -0.1) is 0 Å². The van der Waals surface area contributed by atoms with Gasteiger partial charge in [0.2, 0.25) is 11.7 Å². The van der Waals surface area contributed by atoms with Crippen LogP contribution < -0.4 is 5.73 Å². The van der Waals surface area contributed by atoms with Crippen LogP contribution in [0, 0.1) is 11.3 Å². The number of hydrogen-bond donors (Lipinski definition) is 1. The van der Waals surface area contributed by atoms with Gasteiger partial charge in [-0.05, 0) is 30.6 Å². The van der Waals surface area contributed by atoms with Gasteiger partial charge in [0.25, 0.3) is 0 Å². The Kier molecular flexibility index (Phi) is 4.49. The standard InChI is InChI=1S/C15H27N3O2/c1-6-12(19-5)13-17-14(20-18-13)10-7-8-11(16)9(2)15(10,3)4/h9-12H,6-8,16H2,1-5H3. The van der Waals surface area contributed by atoms with Crippen molar-refractivity contribution in [2.24, 2.45) is 17.1 Å². The number of nitrogens with zero attached hydrogens (tertiary/aromatic N) is 2. The van der Waals surface area contributed by atoms with E-state index in [4.69, 9.17) is 15.0 Å². The summed E-state index contributed by atoms with van der Waals surface area (Å²) in [4.78, 5) is 4.59. The highest BCUT2D eigenvalue weighted by molar-refractivity contribution is 5.07. The number of nitrogens with two attached hydrogens (primary N) is 1. The molecule has 0 amide bonds. The molecule has 4 atom stereocenters. The molecule has 0 spiro atoms. The molecule has 0 saturated heterocycles. The summed E-state index contributed by atoms with van der Waals surface area (Å²) in [5, 5.41) is 4.10. The van der Waals surface area contributed by atoms with Crippen molar-refractivity contribution in [1.29, 1.82) is 0 Å². The highest BCUT2D eigenvalue weighted by Gasteiger charge is 2.45. The van der Waals surface area contributed by atoms with Gasteiger partial charge in [-0.1, -0.05) is 32.9 Å². The van der Waals surface area contributed by atoms with Crippen LogP contribution in [0.3, 0.4) is 0 Å². The molecular formula is C15H27N3O2. The number of aromatic nitrogens is 2. The molecule has 5 heteroatoms. The van der Waals surface area contributed by atoms with E-state index in [9.17, 15) is 0 Å². The number of methoxy groups -OCH3 is 1. The monoisotopic (exact) mass is 281 g/mol. The largest absolute Gasteiger partial charge is 0.373 e. The molecule has 5 nitrogen and oxygen atoms in total. The highest BCUT2D eigenvalue weighted by Crippen LogP contribution is 2.49. The molecule has 0 bridgehead atoms. The Labute approximate surface area is 121 Å². The molecule has 0 radical (unpaired) electrons. The molecule has 1 heterocycles. The predicted molar refractivity (Wildman–Crippen MR) is 77.2 cm³/mol. The Morgan fingerprint density at radius 2 is 2.15 bits per heavy atom. The van der Waals surface area contributed by atoms with Crippen LogP contribution in [0.15, 0.2) is 4.52 Å². The molecule has 1 aromatic rings. The third-order valence-corrected chi connectivity index (χ3v) is 5.20. The molecule has 1 aliphatic rings. The average Bonchev–Trinajstić information content (AvgIpc) is 2.87. The van der Waals surface area contributed by atoms with Crippen LogP contribution in [0.4, 0.5) is 0 Å². The van der Waals surface area contributed by atoms with E-state index in [1.807, 2.05) is 0 Å². The van der Waals surface area contributed by atoms with Crippen LogP contribution in [0.5, 0.6) is 0 Å². The second-order valence-corrected chi connectivity index (χ2v) is 6.53. The van der Waals surface area contributed by atoms with Crippen molar-refractivity contribution >= 4 is 0 Å². The Balaban J connectivity index is 2.23. The first kappa shape index (κ1) is 15.4. The SMILES string of the molecule is CCC(OC)c1noc(C2CCC(N)C(C)C2(C)C)n1. The van der Waals surface area contributed by atoms with Gasteiger partial charge in [-0.3, -0.25) is 0 Å². The van der Waals surface area contributed by atoms with Crippen molar-refractivity contribution in [1.82, 2.24) is 10.1 Å². The molecule has 4 unspecified atom stereocenters. The van der Waals surface area contributed by atoms with E-state index in [-0.39, 0.29) is 23.5 Å². The molecule has 1 aromatic heterocycles. The lowest BCUT2D eigenvalue weighted by atomic mass is 9.61. The summed E-state index contributed by atoms with van der Waals surface area (Å²) in [6.45, 7) is 8.77. The fourth-order valence-electron chi connectivity index (χ4n) is 3.27. The van der Waals surface area contributed by atoms with E-state index in [1.54, 1.807) is 7.11 Å². The first-order valence-corrected chi connectivity index (χ1v) is 7.53. The fraction of sp³-hybridized carbons (Fsp3) is 0.867. The summed E-state index contributed by atoms with van der Waals surface area (Å²) >= 11 is 0. The van der Waals surface area contributed by atoms with Gasteiger partial charge >= 0.3 is 0 Å². The lowest BCUT2D eigenvalue weighted by molar-refractivity contribution is 0.0803. The maximum atomic E-state index is 6.20. The van der Waals surface area contributed by atoms with Gasteiger partial charge in [0.15, 0.2) is 0 Å². The Bertz CT molecular complexity index is 440. The Morgan fingerprint density at radius 3 is 2.75 bits per heavy atom. The minimum absolute atomic E-state index is 0.0657. The summed E-state index contributed by atoms with van der Waals surface area (Å²) in [5.74, 6) is 2.09. The molecule has 114 valence electrons. The van der Waals surface area contributed by atoms with Crippen molar-refractivity contribution in [3.8, 4) is 0 Å². The summed E-state index contributed by atoms with van der Waals surface area (Å²) in [6, 6.07) is 0.256. The molecule has 2 N–H and O–H groups in total. The van der Waals surface area contributed by atoms with Crippen molar-refractivity contribution in [2.45, 2.75) is 65.0 Å². The van der Waals surface area contributed by atoms with E-state index in [1.165, 1.54) is 0 Å². The summed E-state index contributed by atoms with van der Waals surface area (Å²) in [6.07, 6.45) is 2.77. The molecule has 2 rings (SSSR count). The topological polar surface area (TPSA) is 74.2 Å². The maximum absolute atomic E-state index is 6.20. The van der Waals surface area contributed by atoms with Crippen molar-refractivity contribution < 1.29 is 9.26 Å². The van der Waals surface area contributed by atoms with Gasteiger partial charge in [-0.2, -0.15) is 4.98 Å². The fourth-order valence-corrected chi connectivity index (χ4v) is 3.27. The molecule has 1 saturated carbocycles. The lowest BCUT2D eigenvalue weighted by Crippen LogP contribution is -2.45. The zero-order valence-corrected chi connectivity index (χ0v) is 13.2. The van der Waals surface area contributed by atoms with Gasteiger partial charge in [0.05, 0.1) is 0 Å². The maximum Gasteiger partial charge on any atom is 0.230 e. The van der Waals surface area contributed by atoms with Gasteiger partial charge < -0.3 is 15.0 Å². The first-order chi connectivity index (χ1) is 9.41. The zero-order chi connectivity index (χ0) is 14.9. The zero-order valence-electron chi connectivity index (χ0n) is 13.2. The predicted octanol–water partition coefficient (Wildman–Crippen LogP) is 3.03. The van der Waals surface area contributed by atoms with Crippen LogP contribution in [0.25, 0.3) is 0 Å². The van der Waals surface area contributed by atoms with Crippen LogP contribution >= 0.6 is 0 Å². The van der Waals surface area contributed by atoms with E-state index < -0.39 is 0 Å². The van der Waals surface area contributed by atoms with Crippen molar-refractivity contribution in [3.05, 3.63) is 11.7 Å². The molecule has 20 heavy (non-hydrogen) atoms. The van der Waals surface area contributed by atoms with Gasteiger partial charge in [-0.25, -0.2) is 0 Å². The van der Waals surface area contributed by atoms with Crippen LogP contribution in [-0.2, 0) is 4.74 Å². The van der Waals surface area contributed by atoms with Gasteiger partial charge in [0, 0.05) is 19.1 Å². The van der Waals surface area contributed by atoms with Crippen molar-refractivity contribution in [3.63, 3.8) is 0 Å². The average molecular weight is 281 g/mol. The first-order valence-electron chi connectivity index (χ1n) is 7.53. The summed E-state index contributed by atoms with van der Waals surface area (Å²) in [7, 11) is 1.68. The normalized spacial score (nSPS) is 31.2. The number of hydrogen-bond acceptors (Lipinski definition) is 5. The van der Waals surface area contributed by atoms with E-state index in [2.05, 4.69) is 37.8 Å². The third-order valence-electron chi connectivity index (χ3n) is 5.20. The molecule has 1 fully saturated rings. The summed E-state index contributed by atoms with van der Waals surface area (Å²) < 4.78 is 10.9. The second kappa shape index (κ2) is 5.82. The van der Waals surface area contributed by atoms with Crippen LogP contribution in [0.2, 0.25) is 0 Å². The third kappa shape index (κ3) is 2.61. The molecule has 0 aliphatic heterocycles.